The minimum Gasteiger partial charge on any atom is -0.391 e. The zero-order valence-electron chi connectivity index (χ0n) is 6.67. The highest BCUT2D eigenvalue weighted by atomic mass is 35.5. The molecule has 1 aliphatic rings. The largest absolute Gasteiger partial charge is 0.391 e. The molecular weight excluding hydrogens is 229 g/mol. The molecule has 0 aromatic carbocycles. The fraction of sp³-hybridized carbons (Fsp3) is 0.125. The predicted octanol–water partition coefficient (Wildman–Crippen LogP) is 0.640. The van der Waals surface area contributed by atoms with Crippen LogP contribution in [0.15, 0.2) is 21.2 Å². The second kappa shape index (κ2) is 3.93. The van der Waals surface area contributed by atoms with Gasteiger partial charge < -0.3 is 5.11 Å². The topological polar surface area (TPSA) is 78.2 Å². The molecular formula is C8H3Cl2NO3. The number of allylic oxidation sites excluding steroid dienone is 3. The summed E-state index contributed by atoms with van der Waals surface area (Å²) in [6.07, 6.45) is 0. The Balaban J connectivity index is 3.41. The van der Waals surface area contributed by atoms with E-state index >= 15 is 0 Å². The van der Waals surface area contributed by atoms with Crippen LogP contribution in [0.1, 0.15) is 0 Å². The first-order chi connectivity index (χ1) is 6.54. The van der Waals surface area contributed by atoms with Crippen molar-refractivity contribution in [1.82, 2.24) is 0 Å². The number of rotatable bonds is 1. The Hall–Kier alpha value is -1.15. The lowest BCUT2D eigenvalue weighted by atomic mass is 9.96. The van der Waals surface area contributed by atoms with E-state index < -0.39 is 33.8 Å². The summed E-state index contributed by atoms with van der Waals surface area (Å²) in [5.41, 5.74) is -0.765. The normalized spacial score (nSPS) is 17.6. The van der Waals surface area contributed by atoms with E-state index in [9.17, 15) is 9.59 Å². The van der Waals surface area contributed by atoms with E-state index in [0.29, 0.717) is 0 Å². The number of aliphatic hydroxyl groups is 1. The molecule has 0 saturated carbocycles. The zero-order valence-corrected chi connectivity index (χ0v) is 8.19. The number of carbonyl (C=O) groups excluding carboxylic acids is 2. The lowest BCUT2D eigenvalue weighted by Crippen LogP contribution is -2.21. The van der Waals surface area contributed by atoms with Crippen LogP contribution in [-0.2, 0) is 9.59 Å². The minimum absolute atomic E-state index is 0.313. The number of nitriles is 1. The summed E-state index contributed by atoms with van der Waals surface area (Å²) in [4.78, 5) is 22.5. The molecule has 0 bridgehead atoms. The summed E-state index contributed by atoms with van der Waals surface area (Å²) in [6.45, 7) is -0.714. The average molecular weight is 232 g/mol. The van der Waals surface area contributed by atoms with Gasteiger partial charge in [0.05, 0.1) is 6.61 Å². The molecule has 1 rings (SSSR count). The van der Waals surface area contributed by atoms with Gasteiger partial charge in [-0.05, 0) is 0 Å². The molecule has 0 aromatic heterocycles. The van der Waals surface area contributed by atoms with E-state index in [1.807, 2.05) is 0 Å². The average Bonchev–Trinajstić information content (AvgIpc) is 2.20. The maximum Gasteiger partial charge on any atom is 0.217 e. The summed E-state index contributed by atoms with van der Waals surface area (Å²) >= 11 is 10.8. The number of halogens is 2. The van der Waals surface area contributed by atoms with Gasteiger partial charge in [0.25, 0.3) is 0 Å². The number of Topliss-reactive ketones (excluding diaryl/α,β-unsaturated/α-hetero) is 2. The van der Waals surface area contributed by atoms with Crippen molar-refractivity contribution in [2.45, 2.75) is 0 Å². The van der Waals surface area contributed by atoms with Crippen molar-refractivity contribution in [3.63, 3.8) is 0 Å². The van der Waals surface area contributed by atoms with Crippen molar-refractivity contribution in [2.24, 2.45) is 0 Å². The third-order valence-corrected chi connectivity index (χ3v) is 2.48. The van der Waals surface area contributed by atoms with Crippen LogP contribution in [0.5, 0.6) is 0 Å². The molecule has 0 radical (unpaired) electrons. The van der Waals surface area contributed by atoms with Crippen molar-refractivity contribution in [3.05, 3.63) is 21.2 Å². The third kappa shape index (κ3) is 1.46. The summed E-state index contributed by atoms with van der Waals surface area (Å²) in [5.74, 6) is -1.61. The maximum atomic E-state index is 11.3. The molecule has 0 aromatic rings. The van der Waals surface area contributed by atoms with Gasteiger partial charge in [-0.3, -0.25) is 9.59 Å². The van der Waals surface area contributed by atoms with Crippen molar-refractivity contribution >= 4 is 34.8 Å². The van der Waals surface area contributed by atoms with Gasteiger partial charge in [-0.1, -0.05) is 23.2 Å². The van der Waals surface area contributed by atoms with Crippen LogP contribution in [0.3, 0.4) is 0 Å². The molecule has 0 spiro atoms. The number of carbonyl (C=O) groups is 2. The fourth-order valence-corrected chi connectivity index (χ4v) is 1.34. The molecule has 0 saturated heterocycles. The van der Waals surface area contributed by atoms with Gasteiger partial charge in [-0.25, -0.2) is 0 Å². The molecule has 0 amide bonds. The van der Waals surface area contributed by atoms with Gasteiger partial charge in [-0.2, -0.15) is 5.26 Å². The van der Waals surface area contributed by atoms with E-state index in [-0.39, 0.29) is 5.57 Å². The molecule has 0 atom stereocenters. The standard InChI is InChI=1S/C8H3Cl2NO3/c9-5-6(10)8(14)4(2-12)3(1-11)7(5)13/h12H,2H2. The van der Waals surface area contributed by atoms with E-state index in [1.165, 1.54) is 6.07 Å². The van der Waals surface area contributed by atoms with Crippen LogP contribution in [0, 0.1) is 11.3 Å². The second-order valence-corrected chi connectivity index (χ2v) is 3.17. The number of ketones is 2. The summed E-state index contributed by atoms with van der Waals surface area (Å²) in [7, 11) is 0. The monoisotopic (exact) mass is 231 g/mol. The van der Waals surface area contributed by atoms with Crippen LogP contribution in [0.2, 0.25) is 0 Å². The molecule has 1 N–H and O–H groups in total. The molecule has 0 heterocycles. The number of aliphatic hydroxyl groups excluding tert-OH is 1. The van der Waals surface area contributed by atoms with Gasteiger partial charge in [0.2, 0.25) is 11.6 Å². The van der Waals surface area contributed by atoms with Crippen molar-refractivity contribution in [2.75, 3.05) is 6.61 Å². The van der Waals surface area contributed by atoms with Crippen LogP contribution in [0.25, 0.3) is 0 Å². The molecule has 0 fully saturated rings. The van der Waals surface area contributed by atoms with E-state index in [2.05, 4.69) is 0 Å². The first-order valence-electron chi connectivity index (χ1n) is 3.43. The van der Waals surface area contributed by atoms with Gasteiger partial charge in [0, 0.05) is 5.57 Å². The van der Waals surface area contributed by atoms with E-state index in [0.717, 1.165) is 0 Å². The third-order valence-electron chi connectivity index (χ3n) is 1.66. The molecule has 0 aliphatic heterocycles. The molecule has 72 valence electrons. The minimum atomic E-state index is -0.831. The number of hydrogen-bond donors (Lipinski definition) is 1. The first-order valence-corrected chi connectivity index (χ1v) is 4.19. The van der Waals surface area contributed by atoms with Gasteiger partial charge in [0.1, 0.15) is 21.7 Å². The Labute approximate surface area is 89.0 Å². The number of nitrogens with zero attached hydrogens (tertiary/aromatic N) is 1. The van der Waals surface area contributed by atoms with Crippen molar-refractivity contribution < 1.29 is 14.7 Å². The first kappa shape index (κ1) is 10.9. The molecule has 0 unspecified atom stereocenters. The van der Waals surface area contributed by atoms with Crippen LogP contribution >= 0.6 is 23.2 Å². The summed E-state index contributed by atoms with van der Waals surface area (Å²) in [5, 5.41) is 16.4. The highest BCUT2D eigenvalue weighted by molar-refractivity contribution is 6.59. The summed E-state index contributed by atoms with van der Waals surface area (Å²) in [6, 6.07) is 1.51. The Kier molecular flexibility index (Phi) is 3.06. The Morgan fingerprint density at radius 3 is 2.14 bits per heavy atom. The van der Waals surface area contributed by atoms with Crippen molar-refractivity contribution in [3.8, 4) is 6.07 Å². The maximum absolute atomic E-state index is 11.3. The Morgan fingerprint density at radius 1 is 1.21 bits per heavy atom. The van der Waals surface area contributed by atoms with E-state index in [4.69, 9.17) is 33.6 Å². The second-order valence-electron chi connectivity index (χ2n) is 2.41. The fourth-order valence-electron chi connectivity index (χ4n) is 0.961. The molecule has 1 aliphatic carbocycles. The van der Waals surface area contributed by atoms with Crippen LogP contribution < -0.4 is 0 Å². The predicted molar refractivity (Wildman–Crippen MR) is 48.5 cm³/mol. The molecule has 6 heteroatoms. The van der Waals surface area contributed by atoms with E-state index in [1.54, 1.807) is 0 Å². The highest BCUT2D eigenvalue weighted by Crippen LogP contribution is 2.28. The Bertz CT molecular complexity index is 428. The van der Waals surface area contributed by atoms with Gasteiger partial charge >= 0.3 is 0 Å². The van der Waals surface area contributed by atoms with Gasteiger partial charge in [-0.15, -0.1) is 0 Å². The number of hydrogen-bond acceptors (Lipinski definition) is 4. The zero-order chi connectivity index (χ0) is 10.9. The van der Waals surface area contributed by atoms with Gasteiger partial charge in [0.15, 0.2) is 0 Å². The lowest BCUT2D eigenvalue weighted by Gasteiger charge is -2.11. The van der Waals surface area contributed by atoms with Crippen LogP contribution in [-0.4, -0.2) is 23.3 Å². The Morgan fingerprint density at radius 2 is 1.71 bits per heavy atom. The van der Waals surface area contributed by atoms with Crippen molar-refractivity contribution in [1.29, 1.82) is 5.26 Å². The summed E-state index contributed by atoms with van der Waals surface area (Å²) < 4.78 is 0. The SMILES string of the molecule is N#CC1=C(CO)C(=O)C(Cl)=C(Cl)C1=O. The molecule has 4 nitrogen and oxygen atoms in total. The highest BCUT2D eigenvalue weighted by Gasteiger charge is 2.32. The quantitative estimate of drug-likeness (QED) is 0.673. The smallest absolute Gasteiger partial charge is 0.217 e. The molecule has 14 heavy (non-hydrogen) atoms. The van der Waals surface area contributed by atoms with Crippen LogP contribution in [0.4, 0.5) is 0 Å². The lowest BCUT2D eigenvalue weighted by molar-refractivity contribution is -0.115.